The number of nitrogens with zero attached hydrogens (tertiary/aromatic N) is 2. The summed E-state index contributed by atoms with van der Waals surface area (Å²) in [5.41, 5.74) is 2.55. The SMILES string of the molecule is N#CC(CCN1CC[C@@H](OCc2cccc(Cl)c2)C1)(c1ccccc1)c1ccccc1. The fraction of sp³-hybridized carbons (Fsp3) is 0.296. The van der Waals surface area contributed by atoms with Crippen molar-refractivity contribution < 1.29 is 4.74 Å². The van der Waals surface area contributed by atoms with E-state index in [-0.39, 0.29) is 6.10 Å². The van der Waals surface area contributed by atoms with Gasteiger partial charge in [-0.2, -0.15) is 5.26 Å². The third-order valence-electron chi connectivity index (χ3n) is 6.13. The minimum absolute atomic E-state index is 0.212. The van der Waals surface area contributed by atoms with E-state index in [1.807, 2.05) is 60.7 Å². The van der Waals surface area contributed by atoms with E-state index in [1.165, 1.54) is 0 Å². The lowest BCUT2D eigenvalue weighted by Gasteiger charge is -2.30. The van der Waals surface area contributed by atoms with Gasteiger partial charge in [0.15, 0.2) is 0 Å². The minimum Gasteiger partial charge on any atom is -0.372 e. The summed E-state index contributed by atoms with van der Waals surface area (Å²) < 4.78 is 6.14. The Morgan fingerprint density at radius 3 is 2.26 bits per heavy atom. The third-order valence-corrected chi connectivity index (χ3v) is 6.37. The van der Waals surface area contributed by atoms with Crippen LogP contribution < -0.4 is 0 Å². The van der Waals surface area contributed by atoms with Crippen LogP contribution in [-0.2, 0) is 16.8 Å². The number of rotatable bonds is 8. The number of halogens is 1. The second kappa shape index (κ2) is 10.1. The third kappa shape index (κ3) is 5.17. The Labute approximate surface area is 189 Å². The van der Waals surface area contributed by atoms with Crippen LogP contribution in [0.5, 0.6) is 0 Å². The lowest BCUT2D eigenvalue weighted by molar-refractivity contribution is 0.0464. The van der Waals surface area contributed by atoms with Crippen LogP contribution in [0, 0.1) is 11.3 Å². The monoisotopic (exact) mass is 430 g/mol. The number of hydrogen-bond donors (Lipinski definition) is 0. The van der Waals surface area contributed by atoms with Gasteiger partial charge in [0.1, 0.15) is 5.41 Å². The highest BCUT2D eigenvalue weighted by Crippen LogP contribution is 2.35. The number of ether oxygens (including phenoxy) is 1. The zero-order valence-electron chi connectivity index (χ0n) is 17.6. The lowest BCUT2D eigenvalue weighted by Crippen LogP contribution is -2.33. The first-order valence-corrected chi connectivity index (χ1v) is 11.2. The maximum absolute atomic E-state index is 10.3. The summed E-state index contributed by atoms with van der Waals surface area (Å²) in [4.78, 5) is 2.42. The molecule has 3 aromatic rings. The Morgan fingerprint density at radius 2 is 1.65 bits per heavy atom. The molecule has 0 radical (unpaired) electrons. The molecule has 1 atom stereocenters. The Bertz CT molecular complexity index is 977. The second-order valence-electron chi connectivity index (χ2n) is 8.15. The number of benzene rings is 3. The molecule has 3 aromatic carbocycles. The largest absolute Gasteiger partial charge is 0.372 e. The molecular formula is C27H27ClN2O. The van der Waals surface area contributed by atoms with E-state index in [0.717, 1.165) is 54.2 Å². The van der Waals surface area contributed by atoms with Crippen molar-refractivity contribution in [1.29, 1.82) is 5.26 Å². The molecule has 1 fully saturated rings. The fourth-order valence-electron chi connectivity index (χ4n) is 4.39. The zero-order valence-corrected chi connectivity index (χ0v) is 18.3. The normalized spacial score (nSPS) is 16.8. The van der Waals surface area contributed by atoms with Gasteiger partial charge < -0.3 is 9.64 Å². The van der Waals surface area contributed by atoms with E-state index in [0.29, 0.717) is 6.61 Å². The van der Waals surface area contributed by atoms with Crippen LogP contribution in [0.25, 0.3) is 0 Å². The van der Waals surface area contributed by atoms with Crippen LogP contribution in [0.4, 0.5) is 0 Å². The quantitative estimate of drug-likeness (QED) is 0.451. The summed E-state index contributed by atoms with van der Waals surface area (Å²) in [5, 5.41) is 11.1. The Kier molecular flexibility index (Phi) is 7.04. The van der Waals surface area contributed by atoms with E-state index < -0.39 is 5.41 Å². The van der Waals surface area contributed by atoms with Crippen LogP contribution >= 0.6 is 11.6 Å². The summed E-state index contributed by atoms with van der Waals surface area (Å²) in [6, 6.07) is 30.8. The van der Waals surface area contributed by atoms with Crippen LogP contribution in [0.1, 0.15) is 29.5 Å². The topological polar surface area (TPSA) is 36.3 Å². The molecule has 1 aliphatic rings. The smallest absolute Gasteiger partial charge is 0.108 e. The van der Waals surface area contributed by atoms with Gasteiger partial charge in [-0.1, -0.05) is 84.4 Å². The molecule has 0 spiro atoms. The molecule has 1 aliphatic heterocycles. The van der Waals surface area contributed by atoms with Gasteiger partial charge in [-0.05, 0) is 41.7 Å². The highest BCUT2D eigenvalue weighted by atomic mass is 35.5. The summed E-state index contributed by atoms with van der Waals surface area (Å²) in [7, 11) is 0. The van der Waals surface area contributed by atoms with Gasteiger partial charge in [0.05, 0.1) is 18.8 Å². The first-order chi connectivity index (χ1) is 15.2. The van der Waals surface area contributed by atoms with Crippen LogP contribution in [0.15, 0.2) is 84.9 Å². The van der Waals surface area contributed by atoms with Crippen LogP contribution in [0.3, 0.4) is 0 Å². The maximum Gasteiger partial charge on any atom is 0.108 e. The Hall–Kier alpha value is -2.64. The number of hydrogen-bond acceptors (Lipinski definition) is 3. The van der Waals surface area contributed by atoms with E-state index in [4.69, 9.17) is 16.3 Å². The van der Waals surface area contributed by atoms with Crippen molar-refractivity contribution in [3.63, 3.8) is 0 Å². The second-order valence-corrected chi connectivity index (χ2v) is 8.59. The molecule has 0 unspecified atom stereocenters. The molecule has 0 N–H and O–H groups in total. The molecule has 0 saturated carbocycles. The van der Waals surface area contributed by atoms with E-state index in [9.17, 15) is 5.26 Å². The van der Waals surface area contributed by atoms with E-state index in [1.54, 1.807) is 0 Å². The van der Waals surface area contributed by atoms with Crippen molar-refractivity contribution in [2.24, 2.45) is 0 Å². The molecule has 4 rings (SSSR count). The van der Waals surface area contributed by atoms with Gasteiger partial charge in [0.2, 0.25) is 0 Å². The standard InChI is InChI=1S/C27H27ClN2O/c28-25-13-7-8-22(18-25)20-31-26-14-16-30(19-26)17-15-27(21-29,23-9-3-1-4-10-23)24-11-5-2-6-12-24/h1-13,18,26H,14-17,19-20H2/t26-/m1/s1. The molecular weight excluding hydrogens is 404 g/mol. The molecule has 158 valence electrons. The van der Waals surface area contributed by atoms with Crippen molar-refractivity contribution >= 4 is 11.6 Å². The molecule has 31 heavy (non-hydrogen) atoms. The first kappa shape index (κ1) is 21.6. The Morgan fingerprint density at radius 1 is 0.968 bits per heavy atom. The molecule has 1 saturated heterocycles. The average molecular weight is 431 g/mol. The first-order valence-electron chi connectivity index (χ1n) is 10.8. The van der Waals surface area contributed by atoms with Crippen LogP contribution in [-0.4, -0.2) is 30.6 Å². The summed E-state index contributed by atoms with van der Waals surface area (Å²) >= 11 is 6.07. The molecule has 1 heterocycles. The maximum atomic E-state index is 10.3. The van der Waals surface area contributed by atoms with Gasteiger partial charge in [-0.25, -0.2) is 0 Å². The predicted octanol–water partition coefficient (Wildman–Crippen LogP) is 5.83. The van der Waals surface area contributed by atoms with Gasteiger partial charge in [-0.3, -0.25) is 0 Å². The van der Waals surface area contributed by atoms with Crippen molar-refractivity contribution in [3.05, 3.63) is 107 Å². The fourth-order valence-corrected chi connectivity index (χ4v) is 4.60. The number of nitriles is 1. The summed E-state index contributed by atoms with van der Waals surface area (Å²) in [6.07, 6.45) is 1.97. The van der Waals surface area contributed by atoms with Gasteiger partial charge in [0, 0.05) is 24.7 Å². The van der Waals surface area contributed by atoms with Crippen molar-refractivity contribution in [1.82, 2.24) is 4.90 Å². The highest BCUT2D eigenvalue weighted by molar-refractivity contribution is 6.30. The number of likely N-dealkylation sites (tertiary alicyclic amines) is 1. The van der Waals surface area contributed by atoms with Crippen molar-refractivity contribution in [3.8, 4) is 6.07 Å². The molecule has 0 aliphatic carbocycles. The van der Waals surface area contributed by atoms with Gasteiger partial charge in [-0.15, -0.1) is 0 Å². The van der Waals surface area contributed by atoms with Crippen molar-refractivity contribution in [2.45, 2.75) is 31.0 Å². The molecule has 0 amide bonds. The van der Waals surface area contributed by atoms with Gasteiger partial charge in [0.25, 0.3) is 0 Å². The molecule has 0 aromatic heterocycles. The van der Waals surface area contributed by atoms with E-state index >= 15 is 0 Å². The molecule has 0 bridgehead atoms. The van der Waals surface area contributed by atoms with Crippen LogP contribution in [0.2, 0.25) is 5.02 Å². The minimum atomic E-state index is -0.651. The zero-order chi connectivity index (χ0) is 21.5. The Balaban J connectivity index is 1.41. The molecule has 3 nitrogen and oxygen atoms in total. The van der Waals surface area contributed by atoms with Gasteiger partial charge >= 0.3 is 0 Å². The average Bonchev–Trinajstić information content (AvgIpc) is 3.28. The predicted molar refractivity (Wildman–Crippen MR) is 125 cm³/mol. The van der Waals surface area contributed by atoms with E-state index in [2.05, 4.69) is 35.2 Å². The summed E-state index contributed by atoms with van der Waals surface area (Å²) in [5.74, 6) is 0. The highest BCUT2D eigenvalue weighted by Gasteiger charge is 2.35. The lowest BCUT2D eigenvalue weighted by atomic mass is 9.73. The summed E-state index contributed by atoms with van der Waals surface area (Å²) in [6.45, 7) is 3.32. The van der Waals surface area contributed by atoms with Crippen molar-refractivity contribution in [2.75, 3.05) is 19.6 Å². The molecule has 4 heteroatoms.